The minimum Gasteiger partial charge on any atom is -0.508 e. The molecule has 3 heterocycles. The molecule has 0 radical (unpaired) electrons. The molecule has 376 valence electrons. The number of likely N-dealkylation sites (N-methyl/N-ethyl adjacent to an activating group) is 1. The van der Waals surface area contributed by atoms with Crippen LogP contribution in [-0.4, -0.2) is 131 Å². The van der Waals surface area contributed by atoms with E-state index in [9.17, 15) is 34.5 Å². The van der Waals surface area contributed by atoms with Gasteiger partial charge in [0.15, 0.2) is 5.78 Å². The Balaban J connectivity index is 0.813. The number of nitrogens with zero attached hydrogens (tertiary/aromatic N) is 3. The zero-order chi connectivity index (χ0) is 50.8. The molecule has 1 fully saturated rings. The van der Waals surface area contributed by atoms with Gasteiger partial charge in [-0.05, 0) is 109 Å². The van der Waals surface area contributed by atoms with E-state index < -0.39 is 35.4 Å². The molecule has 0 unspecified atom stereocenters. The number of hydrogen-bond donors (Lipinski definition) is 5. The second-order valence-electron chi connectivity index (χ2n) is 18.7. The van der Waals surface area contributed by atoms with Gasteiger partial charge in [-0.1, -0.05) is 52.0 Å². The predicted molar refractivity (Wildman–Crippen MR) is 276 cm³/mol. The lowest BCUT2D eigenvalue weighted by molar-refractivity contribution is -0.144. The van der Waals surface area contributed by atoms with Crippen LogP contribution in [0.5, 0.6) is 17.2 Å². The summed E-state index contributed by atoms with van der Waals surface area (Å²) in [6.45, 7) is 14.4. The standard InChI is InChI=1S/C54H63N5O10S2/c1-7-58(23-25-69-42-19-14-36(15-20-42)48(64)47-43-21-18-40(61)29-45(43)71-50(47)38-12-16-39(60)17-13-38)22-24-67-26-27-68-31-46(63)57-51(54(4,5)6)53(66)59-30-41(62)28-44(59)52(65)56-33(2)35-8-10-37(11-9-35)49-34(3)55-32-70-49/h8-21,29,32-33,41,44,51,60-62H,7,22-28,30-31H2,1-6H3,(H,56,65)(H,57,63)/t33-,41+,44-,51+/m0/s1. The molecule has 0 aliphatic carbocycles. The summed E-state index contributed by atoms with van der Waals surface area (Å²) in [5.41, 5.74) is 5.81. The number of fused-ring (bicyclic) bond motifs is 1. The Labute approximate surface area is 422 Å². The molecule has 0 bridgehead atoms. The Bertz CT molecular complexity index is 2770. The van der Waals surface area contributed by atoms with Crippen molar-refractivity contribution in [3.8, 4) is 38.1 Å². The molecular formula is C54H63N5O10S2. The zero-order valence-electron chi connectivity index (χ0n) is 41.0. The Hall–Kier alpha value is -6.21. The normalized spacial score (nSPS) is 15.7. The number of carbonyl (C=O) groups is 4. The summed E-state index contributed by atoms with van der Waals surface area (Å²) in [6.07, 6.45) is -0.805. The number of thiophene rings is 1. The van der Waals surface area contributed by atoms with E-state index >= 15 is 0 Å². The number of carbonyl (C=O) groups excluding carboxylic acids is 4. The fourth-order valence-corrected chi connectivity index (χ4v) is 10.5. The number of amides is 3. The molecule has 15 nitrogen and oxygen atoms in total. The van der Waals surface area contributed by atoms with Gasteiger partial charge in [-0.15, -0.1) is 22.7 Å². The number of rotatable bonds is 22. The Morgan fingerprint density at radius 1 is 0.845 bits per heavy atom. The number of thiazole rings is 1. The fourth-order valence-electron chi connectivity index (χ4n) is 8.49. The van der Waals surface area contributed by atoms with Crippen LogP contribution in [0.4, 0.5) is 0 Å². The highest BCUT2D eigenvalue weighted by Gasteiger charge is 2.44. The van der Waals surface area contributed by atoms with Gasteiger partial charge in [-0.2, -0.15) is 0 Å². The fraction of sp³-hybridized carbons (Fsp3) is 0.389. The van der Waals surface area contributed by atoms with Crippen LogP contribution in [0.2, 0.25) is 0 Å². The number of ether oxygens (including phenoxy) is 3. The molecule has 2 aromatic heterocycles. The molecule has 1 aliphatic rings. The second kappa shape index (κ2) is 23.8. The number of phenolic OH excluding ortho intramolecular Hbond substituents is 2. The van der Waals surface area contributed by atoms with Crippen molar-refractivity contribution in [1.82, 2.24) is 25.4 Å². The maximum atomic E-state index is 14.1. The van der Waals surface area contributed by atoms with E-state index in [1.54, 1.807) is 78.1 Å². The summed E-state index contributed by atoms with van der Waals surface area (Å²) in [6, 6.07) is 24.4. The van der Waals surface area contributed by atoms with E-state index in [1.165, 1.54) is 16.2 Å². The predicted octanol–water partition coefficient (Wildman–Crippen LogP) is 7.75. The monoisotopic (exact) mass is 1010 g/mol. The van der Waals surface area contributed by atoms with Crippen molar-refractivity contribution in [3.63, 3.8) is 0 Å². The number of aliphatic hydroxyl groups excluding tert-OH is 1. The van der Waals surface area contributed by atoms with E-state index in [2.05, 4.69) is 20.5 Å². The van der Waals surface area contributed by atoms with Crippen molar-refractivity contribution in [2.45, 2.75) is 72.2 Å². The Morgan fingerprint density at radius 2 is 1.51 bits per heavy atom. The minimum absolute atomic E-state index is 0.0286. The molecule has 1 aliphatic heterocycles. The first-order valence-corrected chi connectivity index (χ1v) is 25.5. The lowest BCUT2D eigenvalue weighted by Gasteiger charge is -2.35. The van der Waals surface area contributed by atoms with Crippen molar-refractivity contribution in [2.24, 2.45) is 5.41 Å². The number of β-amino-alcohol motifs (C(OH)–C–C–N with tert-alkyl or cyclic N) is 1. The SMILES string of the molecule is CCN(CCOCCOCC(=O)N[C@H](C(=O)N1C[C@H](O)C[C@H]1C(=O)N[C@@H](C)c1ccc(-c2scnc2C)cc1)C(C)(C)C)CCOc1ccc(C(=O)c2c(-c3ccc(O)cc3)sc3cc(O)ccc23)cc1. The number of benzene rings is 4. The van der Waals surface area contributed by atoms with Crippen LogP contribution in [0.25, 0.3) is 31.0 Å². The number of nitrogens with one attached hydrogen (secondary N) is 2. The number of hydrogen-bond acceptors (Lipinski definition) is 14. The number of likely N-dealkylation sites (tertiary alicyclic amines) is 1. The van der Waals surface area contributed by atoms with Crippen LogP contribution in [0.1, 0.15) is 74.3 Å². The van der Waals surface area contributed by atoms with Crippen LogP contribution in [0.3, 0.4) is 0 Å². The van der Waals surface area contributed by atoms with E-state index in [4.69, 9.17) is 14.2 Å². The highest BCUT2D eigenvalue weighted by Crippen LogP contribution is 2.42. The van der Waals surface area contributed by atoms with Crippen LogP contribution in [-0.2, 0) is 23.9 Å². The van der Waals surface area contributed by atoms with Gasteiger partial charge in [-0.3, -0.25) is 24.1 Å². The maximum Gasteiger partial charge on any atom is 0.246 e. The van der Waals surface area contributed by atoms with Crippen molar-refractivity contribution in [3.05, 3.63) is 119 Å². The van der Waals surface area contributed by atoms with Crippen molar-refractivity contribution < 1.29 is 48.7 Å². The molecule has 71 heavy (non-hydrogen) atoms. The van der Waals surface area contributed by atoms with Gasteiger partial charge in [0.25, 0.3) is 0 Å². The Kier molecular flexibility index (Phi) is 17.6. The third-order valence-corrected chi connectivity index (χ3v) is 14.7. The number of aromatic nitrogens is 1. The number of aliphatic hydroxyl groups is 1. The van der Waals surface area contributed by atoms with Crippen molar-refractivity contribution in [2.75, 3.05) is 59.2 Å². The maximum absolute atomic E-state index is 14.1. The molecule has 17 heteroatoms. The van der Waals surface area contributed by atoms with Gasteiger partial charge in [0.1, 0.15) is 42.5 Å². The summed E-state index contributed by atoms with van der Waals surface area (Å²) in [4.78, 5) is 64.5. The van der Waals surface area contributed by atoms with Gasteiger partial charge in [0, 0.05) is 52.1 Å². The number of ketones is 1. The molecule has 6 aromatic rings. The van der Waals surface area contributed by atoms with Gasteiger partial charge in [-0.25, -0.2) is 4.98 Å². The molecule has 0 spiro atoms. The van der Waals surface area contributed by atoms with Crippen LogP contribution in [0.15, 0.2) is 96.5 Å². The summed E-state index contributed by atoms with van der Waals surface area (Å²) in [5, 5.41) is 37.2. The minimum atomic E-state index is -0.981. The second-order valence-corrected chi connectivity index (χ2v) is 20.6. The first-order chi connectivity index (χ1) is 34.0. The molecule has 1 saturated heterocycles. The third kappa shape index (κ3) is 13.4. The van der Waals surface area contributed by atoms with Crippen molar-refractivity contribution in [1.29, 1.82) is 0 Å². The zero-order valence-corrected chi connectivity index (χ0v) is 42.6. The van der Waals surface area contributed by atoms with Crippen LogP contribution >= 0.6 is 22.7 Å². The highest BCUT2D eigenvalue weighted by atomic mass is 32.1. The molecule has 0 saturated carbocycles. The van der Waals surface area contributed by atoms with Crippen LogP contribution < -0.4 is 15.4 Å². The highest BCUT2D eigenvalue weighted by molar-refractivity contribution is 7.22. The van der Waals surface area contributed by atoms with E-state index in [0.29, 0.717) is 43.2 Å². The summed E-state index contributed by atoms with van der Waals surface area (Å²) < 4.78 is 18.2. The lowest BCUT2D eigenvalue weighted by atomic mass is 9.85. The average Bonchev–Trinajstić information content (AvgIpc) is 4.08. The smallest absolute Gasteiger partial charge is 0.246 e. The van der Waals surface area contributed by atoms with Gasteiger partial charge < -0.3 is 45.1 Å². The lowest BCUT2D eigenvalue weighted by Crippen LogP contribution is -2.58. The quantitative estimate of drug-likeness (QED) is 0.0328. The molecular weight excluding hydrogens is 943 g/mol. The van der Waals surface area contributed by atoms with Crippen molar-refractivity contribution >= 4 is 56.3 Å². The molecule has 7 rings (SSSR count). The van der Waals surface area contributed by atoms with E-state index in [0.717, 1.165) is 48.8 Å². The van der Waals surface area contributed by atoms with Gasteiger partial charge >= 0.3 is 0 Å². The molecule has 3 amide bonds. The summed E-state index contributed by atoms with van der Waals surface area (Å²) in [7, 11) is 0. The largest absolute Gasteiger partial charge is 0.508 e. The number of phenols is 2. The Morgan fingerprint density at radius 3 is 2.18 bits per heavy atom. The molecule has 4 aromatic carbocycles. The summed E-state index contributed by atoms with van der Waals surface area (Å²) >= 11 is 2.98. The molecule has 4 atom stereocenters. The topological polar surface area (TPSA) is 200 Å². The summed E-state index contributed by atoms with van der Waals surface area (Å²) in [5.74, 6) is -0.603. The van der Waals surface area contributed by atoms with Gasteiger partial charge in [0.2, 0.25) is 17.7 Å². The number of aryl methyl sites for hydroxylation is 1. The van der Waals surface area contributed by atoms with Crippen LogP contribution in [0, 0.1) is 12.3 Å². The van der Waals surface area contributed by atoms with Gasteiger partial charge in [0.05, 0.1) is 48.0 Å². The average molecular weight is 1010 g/mol. The van der Waals surface area contributed by atoms with E-state index in [1.807, 2.05) is 71.3 Å². The molecule has 5 N–H and O–H groups in total. The first-order valence-electron chi connectivity index (χ1n) is 23.8. The van der Waals surface area contributed by atoms with E-state index in [-0.39, 0.29) is 62.0 Å². The first kappa shape index (κ1) is 52.6. The number of aromatic hydroxyl groups is 2. The third-order valence-electron chi connectivity index (χ3n) is 12.5.